The predicted octanol–water partition coefficient (Wildman–Crippen LogP) is 3.10. The summed E-state index contributed by atoms with van der Waals surface area (Å²) in [7, 11) is 0. The van der Waals surface area contributed by atoms with E-state index in [1.165, 1.54) is 20.8 Å². The fraction of sp³-hybridized carbons (Fsp3) is 0.333. The maximum absolute atomic E-state index is 3.71. The first-order chi connectivity index (χ1) is 5.52. The fourth-order valence-electron chi connectivity index (χ4n) is 1.54. The predicted molar refractivity (Wildman–Crippen MR) is 63.9 cm³/mol. The standard InChI is InChI=1S/C9H11.2BrH.Ga/c1-7-4-8(2)6-9(3)5-7;;;/h4-5H,1-3H3;2*1H;/q;;;+2/p-2. The molecular formula is C9H11Br2Ga. The molecule has 1 aromatic carbocycles. The van der Waals surface area contributed by atoms with Gasteiger partial charge in [0.25, 0.3) is 0 Å². The Morgan fingerprint density at radius 3 is 1.75 bits per heavy atom. The zero-order valence-corrected chi connectivity index (χ0v) is 13.1. The summed E-state index contributed by atoms with van der Waals surface area (Å²) in [5.41, 5.74) is 4.20. The summed E-state index contributed by atoms with van der Waals surface area (Å²) in [5, 5.41) is 0. The minimum atomic E-state index is -1.45. The molecule has 0 spiro atoms. The molecule has 0 aliphatic heterocycles. The van der Waals surface area contributed by atoms with Gasteiger partial charge < -0.3 is 0 Å². The average Bonchev–Trinajstić information content (AvgIpc) is 1.82. The second-order valence-electron chi connectivity index (χ2n) is 3.11. The van der Waals surface area contributed by atoms with Crippen molar-refractivity contribution in [3.63, 3.8) is 0 Å². The zero-order valence-electron chi connectivity index (χ0n) is 7.49. The van der Waals surface area contributed by atoms with Crippen LogP contribution in [-0.4, -0.2) is 12.3 Å². The Bertz CT molecular complexity index is 272. The molecule has 0 bridgehead atoms. The molecule has 0 N–H and O–H groups in total. The van der Waals surface area contributed by atoms with Gasteiger partial charge in [0, 0.05) is 0 Å². The topological polar surface area (TPSA) is 0 Å². The van der Waals surface area contributed by atoms with Crippen LogP contribution in [0.2, 0.25) is 0 Å². The van der Waals surface area contributed by atoms with E-state index in [2.05, 4.69) is 60.0 Å². The van der Waals surface area contributed by atoms with E-state index in [4.69, 9.17) is 0 Å². The number of hydrogen-bond acceptors (Lipinski definition) is 0. The first kappa shape index (κ1) is 10.9. The Hall–Kier alpha value is 0.816. The third-order valence-electron chi connectivity index (χ3n) is 1.96. The second-order valence-corrected chi connectivity index (χ2v) is 21.5. The van der Waals surface area contributed by atoms with Crippen molar-refractivity contribution in [1.82, 2.24) is 0 Å². The Labute approximate surface area is 92.4 Å². The van der Waals surface area contributed by atoms with Gasteiger partial charge in [-0.15, -0.1) is 0 Å². The van der Waals surface area contributed by atoms with Crippen molar-refractivity contribution in [1.29, 1.82) is 0 Å². The Balaban J connectivity index is 3.28. The van der Waals surface area contributed by atoms with Crippen molar-refractivity contribution in [2.45, 2.75) is 20.8 Å². The van der Waals surface area contributed by atoms with Crippen LogP contribution >= 0.6 is 27.1 Å². The summed E-state index contributed by atoms with van der Waals surface area (Å²) in [4.78, 5) is 0. The molecule has 3 heteroatoms. The van der Waals surface area contributed by atoms with Crippen LogP contribution in [0.3, 0.4) is 0 Å². The number of rotatable bonds is 1. The molecule has 1 rings (SSSR count). The summed E-state index contributed by atoms with van der Waals surface area (Å²) in [6.45, 7) is 6.53. The summed E-state index contributed by atoms with van der Waals surface area (Å²) in [6, 6.07) is 4.51. The van der Waals surface area contributed by atoms with E-state index in [0.717, 1.165) is 0 Å². The maximum atomic E-state index is 3.71. The normalized spacial score (nSPS) is 10.1. The Morgan fingerprint density at radius 1 is 1.00 bits per heavy atom. The van der Waals surface area contributed by atoms with Gasteiger partial charge in [-0.2, -0.15) is 0 Å². The van der Waals surface area contributed by atoms with Crippen LogP contribution in [0.4, 0.5) is 0 Å². The number of aryl methyl sites for hydroxylation is 3. The molecule has 0 saturated carbocycles. The van der Waals surface area contributed by atoms with Crippen LogP contribution in [0, 0.1) is 20.8 Å². The van der Waals surface area contributed by atoms with E-state index in [-0.39, 0.29) is 0 Å². The SMILES string of the molecule is Cc1cc(C)[c]([Ga]([Br])[Br])c(C)c1. The molecule has 0 nitrogen and oxygen atoms in total. The van der Waals surface area contributed by atoms with Crippen LogP contribution in [0.1, 0.15) is 16.7 Å². The molecule has 0 saturated heterocycles. The third-order valence-corrected chi connectivity index (χ3v) is 9.54. The van der Waals surface area contributed by atoms with Crippen LogP contribution in [0.25, 0.3) is 0 Å². The van der Waals surface area contributed by atoms with Gasteiger partial charge in [0.15, 0.2) is 0 Å². The molecule has 12 heavy (non-hydrogen) atoms. The van der Waals surface area contributed by atoms with Gasteiger partial charge in [0.05, 0.1) is 0 Å². The van der Waals surface area contributed by atoms with Crippen molar-refractivity contribution in [3.8, 4) is 0 Å². The summed E-state index contributed by atoms with van der Waals surface area (Å²) < 4.78 is 1.54. The molecule has 0 atom stereocenters. The Kier molecular flexibility index (Phi) is 3.95. The summed E-state index contributed by atoms with van der Waals surface area (Å²) in [6.07, 6.45) is 0. The van der Waals surface area contributed by atoms with Crippen LogP contribution in [0.5, 0.6) is 0 Å². The van der Waals surface area contributed by atoms with Crippen LogP contribution in [0.15, 0.2) is 12.1 Å². The van der Waals surface area contributed by atoms with Crippen LogP contribution < -0.4 is 4.12 Å². The van der Waals surface area contributed by atoms with Gasteiger partial charge >= 0.3 is 93.1 Å². The molecule has 1 aromatic rings. The molecular weight excluding hydrogens is 338 g/mol. The van der Waals surface area contributed by atoms with E-state index in [1.807, 2.05) is 0 Å². The van der Waals surface area contributed by atoms with E-state index < -0.39 is 12.3 Å². The third kappa shape index (κ3) is 2.41. The van der Waals surface area contributed by atoms with E-state index in [0.29, 0.717) is 0 Å². The fourth-order valence-corrected chi connectivity index (χ4v) is 10.8. The zero-order chi connectivity index (χ0) is 9.30. The molecule has 0 fully saturated rings. The number of benzene rings is 1. The van der Waals surface area contributed by atoms with Gasteiger partial charge in [-0.1, -0.05) is 0 Å². The average molecular weight is 349 g/mol. The molecule has 0 radical (unpaired) electrons. The first-order valence-electron chi connectivity index (χ1n) is 3.88. The van der Waals surface area contributed by atoms with Gasteiger partial charge in [-0.25, -0.2) is 0 Å². The van der Waals surface area contributed by atoms with Crippen molar-refractivity contribution in [2.24, 2.45) is 0 Å². The van der Waals surface area contributed by atoms with E-state index in [9.17, 15) is 0 Å². The molecule has 64 valence electrons. The molecule has 0 heterocycles. The van der Waals surface area contributed by atoms with Crippen molar-refractivity contribution < 1.29 is 0 Å². The van der Waals surface area contributed by atoms with Crippen molar-refractivity contribution >= 4 is 43.5 Å². The summed E-state index contributed by atoms with van der Waals surface area (Å²) in [5.74, 6) is 0. The van der Waals surface area contributed by atoms with Crippen LogP contribution in [-0.2, 0) is 0 Å². The molecule has 0 aliphatic rings. The minimum absolute atomic E-state index is 1.36. The molecule has 0 unspecified atom stereocenters. The molecule has 0 amide bonds. The molecule has 0 aliphatic carbocycles. The van der Waals surface area contributed by atoms with Gasteiger partial charge in [0.1, 0.15) is 0 Å². The van der Waals surface area contributed by atoms with Crippen molar-refractivity contribution in [2.75, 3.05) is 0 Å². The number of halogens is 2. The second kappa shape index (κ2) is 4.36. The quantitative estimate of drug-likeness (QED) is 0.684. The van der Waals surface area contributed by atoms with E-state index in [1.54, 1.807) is 0 Å². The van der Waals surface area contributed by atoms with Gasteiger partial charge in [0.2, 0.25) is 0 Å². The monoisotopic (exact) mass is 346 g/mol. The van der Waals surface area contributed by atoms with Gasteiger partial charge in [-0.3, -0.25) is 0 Å². The first-order valence-corrected chi connectivity index (χ1v) is 16.4. The molecule has 0 aromatic heterocycles. The van der Waals surface area contributed by atoms with Crippen molar-refractivity contribution in [3.05, 3.63) is 28.8 Å². The summed E-state index contributed by atoms with van der Waals surface area (Å²) >= 11 is 5.98. The van der Waals surface area contributed by atoms with E-state index >= 15 is 0 Å². The van der Waals surface area contributed by atoms with Gasteiger partial charge in [-0.05, 0) is 0 Å². The Morgan fingerprint density at radius 2 is 1.42 bits per heavy atom. The number of hydrogen-bond donors (Lipinski definition) is 0.